The molecular weight excluding hydrogens is 389 g/mol. The quantitative estimate of drug-likeness (QED) is 0.475. The van der Waals surface area contributed by atoms with E-state index in [0.29, 0.717) is 23.9 Å². The zero-order valence-electron chi connectivity index (χ0n) is 16.7. The highest BCUT2D eigenvalue weighted by Gasteiger charge is 2.38. The van der Waals surface area contributed by atoms with Gasteiger partial charge in [-0.3, -0.25) is 14.7 Å². The fourth-order valence-electron chi connectivity index (χ4n) is 3.22. The van der Waals surface area contributed by atoms with Crippen LogP contribution in [0.25, 0.3) is 11.0 Å². The van der Waals surface area contributed by atoms with Gasteiger partial charge >= 0.3 is 7.60 Å². The van der Waals surface area contributed by atoms with E-state index in [2.05, 4.69) is 5.32 Å². The molecule has 0 saturated carbocycles. The standard InChI is InChI=1S/C22H26NO5P/c1-3-27-29(25,28-4-2)22(23-15-14-17-10-6-5-7-11-17)19-16-26-20-13-9-8-12-18(20)21(19)24/h5-13,16,22-23H,3-4,14-15H2,1-2H3. The van der Waals surface area contributed by atoms with Gasteiger partial charge in [0, 0.05) is 6.54 Å². The van der Waals surface area contributed by atoms with Crippen LogP contribution in [0, 0.1) is 0 Å². The highest BCUT2D eigenvalue weighted by Crippen LogP contribution is 2.59. The second-order valence-corrected chi connectivity index (χ2v) is 8.60. The molecule has 0 bridgehead atoms. The van der Waals surface area contributed by atoms with Crippen LogP contribution in [0.15, 0.2) is 70.1 Å². The third-order valence-corrected chi connectivity index (χ3v) is 6.86. The van der Waals surface area contributed by atoms with Gasteiger partial charge in [0.25, 0.3) is 0 Å². The molecule has 2 aromatic carbocycles. The summed E-state index contributed by atoms with van der Waals surface area (Å²) in [4.78, 5) is 13.1. The maximum Gasteiger partial charge on any atom is 0.352 e. The summed E-state index contributed by atoms with van der Waals surface area (Å²) in [6.07, 6.45) is 2.06. The van der Waals surface area contributed by atoms with Gasteiger partial charge in [0.2, 0.25) is 0 Å². The van der Waals surface area contributed by atoms with Crippen molar-refractivity contribution in [3.8, 4) is 0 Å². The Hall–Kier alpha value is -2.24. The van der Waals surface area contributed by atoms with E-state index in [9.17, 15) is 9.36 Å². The molecular formula is C22H26NO5P. The van der Waals surface area contributed by atoms with E-state index in [-0.39, 0.29) is 24.2 Å². The Morgan fingerprint density at radius 2 is 1.66 bits per heavy atom. The summed E-state index contributed by atoms with van der Waals surface area (Å²) in [5.74, 6) is -0.924. The first-order chi connectivity index (χ1) is 14.1. The number of hydrogen-bond acceptors (Lipinski definition) is 6. The predicted octanol–water partition coefficient (Wildman–Crippen LogP) is 4.89. The molecule has 0 fully saturated rings. The minimum atomic E-state index is -3.65. The molecule has 29 heavy (non-hydrogen) atoms. The van der Waals surface area contributed by atoms with Crippen molar-refractivity contribution in [1.82, 2.24) is 5.32 Å². The summed E-state index contributed by atoms with van der Waals surface area (Å²) < 4.78 is 30.3. The van der Waals surface area contributed by atoms with Crippen LogP contribution >= 0.6 is 7.60 Å². The third kappa shape index (κ3) is 5.03. The molecule has 0 aliphatic carbocycles. The lowest BCUT2D eigenvalue weighted by atomic mass is 10.1. The van der Waals surface area contributed by atoms with Crippen LogP contribution in [0.4, 0.5) is 0 Å². The van der Waals surface area contributed by atoms with Crippen molar-refractivity contribution in [2.75, 3.05) is 19.8 Å². The second kappa shape index (κ2) is 9.99. The zero-order chi connectivity index (χ0) is 20.7. The van der Waals surface area contributed by atoms with E-state index in [1.54, 1.807) is 38.1 Å². The van der Waals surface area contributed by atoms with Crippen LogP contribution in [0.1, 0.15) is 30.8 Å². The van der Waals surface area contributed by atoms with Gasteiger partial charge in [-0.05, 0) is 38.0 Å². The Kier molecular flexibility index (Phi) is 7.40. The van der Waals surface area contributed by atoms with E-state index in [0.717, 1.165) is 5.56 Å². The number of hydrogen-bond donors (Lipinski definition) is 1. The summed E-state index contributed by atoms with van der Waals surface area (Å²) >= 11 is 0. The molecule has 1 aromatic heterocycles. The normalized spacial score (nSPS) is 12.9. The summed E-state index contributed by atoms with van der Waals surface area (Å²) in [5.41, 5.74) is 1.60. The molecule has 0 saturated heterocycles. The van der Waals surface area contributed by atoms with Crippen LogP contribution in [0.5, 0.6) is 0 Å². The molecule has 1 atom stereocenters. The number of fused-ring (bicyclic) bond motifs is 1. The molecule has 1 heterocycles. The number of rotatable bonds is 10. The van der Waals surface area contributed by atoms with E-state index >= 15 is 0 Å². The van der Waals surface area contributed by atoms with Gasteiger partial charge in [-0.2, -0.15) is 0 Å². The van der Waals surface area contributed by atoms with Crippen LogP contribution in [-0.2, 0) is 20.0 Å². The first-order valence-electron chi connectivity index (χ1n) is 9.75. The lowest BCUT2D eigenvalue weighted by Crippen LogP contribution is -2.29. The lowest BCUT2D eigenvalue weighted by molar-refractivity contribution is 0.207. The molecule has 3 rings (SSSR count). The summed E-state index contributed by atoms with van der Waals surface area (Å²) in [5, 5.41) is 3.66. The SMILES string of the molecule is CCOP(=O)(OCC)C(NCCc1ccccc1)c1coc2ccccc2c1=O. The summed E-state index contributed by atoms with van der Waals surface area (Å²) in [6, 6.07) is 16.9. The fourth-order valence-corrected chi connectivity index (χ4v) is 5.18. The largest absolute Gasteiger partial charge is 0.464 e. The zero-order valence-corrected chi connectivity index (χ0v) is 17.6. The summed E-state index contributed by atoms with van der Waals surface area (Å²) in [6.45, 7) is 4.39. The minimum absolute atomic E-state index is 0.201. The average Bonchev–Trinajstić information content (AvgIpc) is 2.73. The van der Waals surface area contributed by atoms with Gasteiger partial charge in [0.05, 0.1) is 24.2 Å². The van der Waals surface area contributed by atoms with Crippen molar-refractivity contribution in [3.05, 3.63) is 82.2 Å². The number of para-hydroxylation sites is 1. The Morgan fingerprint density at radius 1 is 1.00 bits per heavy atom. The second-order valence-electron chi connectivity index (χ2n) is 6.48. The predicted molar refractivity (Wildman–Crippen MR) is 114 cm³/mol. The molecule has 0 amide bonds. The summed E-state index contributed by atoms with van der Waals surface area (Å²) in [7, 11) is -3.65. The van der Waals surface area contributed by atoms with E-state index in [1.807, 2.05) is 30.3 Å². The van der Waals surface area contributed by atoms with Gasteiger partial charge in [0.1, 0.15) is 17.6 Å². The Bertz CT molecular complexity index is 1020. The molecule has 154 valence electrons. The smallest absolute Gasteiger partial charge is 0.352 e. The average molecular weight is 415 g/mol. The van der Waals surface area contributed by atoms with Gasteiger partial charge in [-0.1, -0.05) is 42.5 Å². The van der Waals surface area contributed by atoms with Crippen molar-refractivity contribution in [2.45, 2.75) is 26.1 Å². The fraction of sp³-hybridized carbons (Fsp3) is 0.318. The van der Waals surface area contributed by atoms with Gasteiger partial charge in [0.15, 0.2) is 5.43 Å². The van der Waals surface area contributed by atoms with Gasteiger partial charge in [-0.25, -0.2) is 0 Å². The van der Waals surface area contributed by atoms with E-state index in [4.69, 9.17) is 13.5 Å². The maximum atomic E-state index is 13.6. The van der Waals surface area contributed by atoms with Crippen molar-refractivity contribution in [1.29, 1.82) is 0 Å². The van der Waals surface area contributed by atoms with Crippen LogP contribution in [-0.4, -0.2) is 19.8 Å². The topological polar surface area (TPSA) is 77.8 Å². The van der Waals surface area contributed by atoms with Crippen molar-refractivity contribution in [2.24, 2.45) is 0 Å². The molecule has 0 aliphatic rings. The van der Waals surface area contributed by atoms with E-state index < -0.39 is 13.4 Å². The number of benzene rings is 2. The van der Waals surface area contributed by atoms with Gasteiger partial charge in [-0.15, -0.1) is 0 Å². The van der Waals surface area contributed by atoms with Crippen molar-refractivity contribution < 1.29 is 18.0 Å². The Morgan fingerprint density at radius 3 is 2.34 bits per heavy atom. The lowest BCUT2D eigenvalue weighted by Gasteiger charge is -2.27. The molecule has 7 heteroatoms. The molecule has 0 radical (unpaired) electrons. The first-order valence-corrected chi connectivity index (χ1v) is 11.4. The Labute approximate surface area is 170 Å². The molecule has 6 nitrogen and oxygen atoms in total. The molecule has 0 aliphatic heterocycles. The maximum absolute atomic E-state index is 13.6. The van der Waals surface area contributed by atoms with Crippen molar-refractivity contribution in [3.63, 3.8) is 0 Å². The first kappa shape index (κ1) is 21.5. The third-order valence-electron chi connectivity index (χ3n) is 4.53. The monoisotopic (exact) mass is 415 g/mol. The molecule has 3 aromatic rings. The van der Waals surface area contributed by atoms with Gasteiger partial charge < -0.3 is 13.5 Å². The molecule has 0 spiro atoms. The Balaban J connectivity index is 1.97. The number of nitrogens with one attached hydrogen (secondary N) is 1. The molecule has 1 N–H and O–H groups in total. The molecule has 1 unspecified atom stereocenters. The van der Waals surface area contributed by atoms with E-state index in [1.165, 1.54) is 6.26 Å². The minimum Gasteiger partial charge on any atom is -0.464 e. The van der Waals surface area contributed by atoms with Crippen LogP contribution in [0.3, 0.4) is 0 Å². The highest BCUT2D eigenvalue weighted by molar-refractivity contribution is 7.54. The van der Waals surface area contributed by atoms with Crippen LogP contribution < -0.4 is 10.7 Å². The van der Waals surface area contributed by atoms with Crippen LogP contribution in [0.2, 0.25) is 0 Å². The van der Waals surface area contributed by atoms with Crippen molar-refractivity contribution >= 4 is 18.6 Å². The highest BCUT2D eigenvalue weighted by atomic mass is 31.2.